The molecular formula is C24H30N4O4. The van der Waals surface area contributed by atoms with Gasteiger partial charge >= 0.3 is 0 Å². The summed E-state index contributed by atoms with van der Waals surface area (Å²) >= 11 is 0. The van der Waals surface area contributed by atoms with E-state index in [1.165, 1.54) is 5.56 Å². The summed E-state index contributed by atoms with van der Waals surface area (Å²) in [7, 11) is 1.66. The first-order valence-corrected chi connectivity index (χ1v) is 11.5. The SMILES string of the molecule is COc1ccc(CCn2nc(C(=O)NC3CC3)c3c2CCN(C(=O)[C@H]2CCCO2)C3)cc1. The molecule has 1 aromatic carbocycles. The predicted octanol–water partition coefficient (Wildman–Crippen LogP) is 2.09. The number of ether oxygens (including phenoxy) is 2. The van der Waals surface area contributed by atoms with Gasteiger partial charge in [-0.05, 0) is 49.8 Å². The fraction of sp³-hybridized carbons (Fsp3) is 0.542. The minimum absolute atomic E-state index is 0.0349. The molecule has 0 bridgehead atoms. The predicted molar refractivity (Wildman–Crippen MR) is 118 cm³/mol. The van der Waals surface area contributed by atoms with E-state index in [1.54, 1.807) is 7.11 Å². The molecule has 2 aromatic rings. The van der Waals surface area contributed by atoms with Crippen molar-refractivity contribution in [2.45, 2.75) is 63.8 Å². The van der Waals surface area contributed by atoms with Crippen LogP contribution < -0.4 is 10.1 Å². The summed E-state index contributed by atoms with van der Waals surface area (Å²) in [5.41, 5.74) is 3.60. The van der Waals surface area contributed by atoms with Gasteiger partial charge in [-0.2, -0.15) is 5.10 Å². The van der Waals surface area contributed by atoms with Crippen LogP contribution in [-0.4, -0.2) is 58.9 Å². The first-order chi connectivity index (χ1) is 15.6. The van der Waals surface area contributed by atoms with Crippen molar-refractivity contribution in [1.82, 2.24) is 20.0 Å². The Bertz CT molecular complexity index is 990. The van der Waals surface area contributed by atoms with E-state index >= 15 is 0 Å². The van der Waals surface area contributed by atoms with Gasteiger partial charge in [-0.25, -0.2) is 0 Å². The summed E-state index contributed by atoms with van der Waals surface area (Å²) in [5.74, 6) is 0.742. The molecule has 2 amide bonds. The topological polar surface area (TPSA) is 85.7 Å². The number of hydrogen-bond acceptors (Lipinski definition) is 5. The Morgan fingerprint density at radius 2 is 2.03 bits per heavy atom. The summed E-state index contributed by atoms with van der Waals surface area (Å²) < 4.78 is 12.8. The van der Waals surface area contributed by atoms with Crippen LogP contribution in [0.3, 0.4) is 0 Å². The van der Waals surface area contributed by atoms with Gasteiger partial charge in [-0.3, -0.25) is 14.3 Å². The van der Waals surface area contributed by atoms with Gasteiger partial charge in [0.25, 0.3) is 11.8 Å². The summed E-state index contributed by atoms with van der Waals surface area (Å²) in [5, 5.41) is 7.79. The van der Waals surface area contributed by atoms with E-state index in [9.17, 15) is 9.59 Å². The zero-order valence-electron chi connectivity index (χ0n) is 18.5. The zero-order chi connectivity index (χ0) is 22.1. The van der Waals surface area contributed by atoms with Gasteiger partial charge in [0.1, 0.15) is 11.9 Å². The van der Waals surface area contributed by atoms with Crippen LogP contribution >= 0.6 is 0 Å². The molecule has 0 spiro atoms. The maximum atomic E-state index is 12.9. The van der Waals surface area contributed by atoms with Crippen molar-refractivity contribution in [2.24, 2.45) is 0 Å². The van der Waals surface area contributed by atoms with E-state index in [0.29, 0.717) is 38.4 Å². The van der Waals surface area contributed by atoms with Gasteiger partial charge in [-0.1, -0.05) is 12.1 Å². The monoisotopic (exact) mass is 438 g/mol. The van der Waals surface area contributed by atoms with Crippen LogP contribution in [0.5, 0.6) is 5.75 Å². The molecule has 1 aliphatic carbocycles. The number of benzene rings is 1. The highest BCUT2D eigenvalue weighted by molar-refractivity contribution is 5.94. The number of hydrogen-bond donors (Lipinski definition) is 1. The van der Waals surface area contributed by atoms with Gasteiger partial charge in [0, 0.05) is 50.0 Å². The molecule has 1 saturated heterocycles. The number of methoxy groups -OCH3 is 1. The third-order valence-electron chi connectivity index (χ3n) is 6.55. The Kier molecular flexibility index (Phi) is 5.87. The van der Waals surface area contributed by atoms with Crippen LogP contribution in [0.2, 0.25) is 0 Å². The molecule has 170 valence electrons. The number of aromatic nitrogens is 2. The van der Waals surface area contributed by atoms with E-state index < -0.39 is 0 Å². The summed E-state index contributed by atoms with van der Waals surface area (Å²) in [6.07, 6.45) is 4.91. The number of nitrogens with zero attached hydrogens (tertiary/aromatic N) is 3. The molecule has 0 radical (unpaired) electrons. The first kappa shape index (κ1) is 21.0. The standard InChI is InChI=1S/C24H30N4O4/c1-31-18-8-4-16(5-9-18)10-13-28-20-11-12-27(24(30)21-3-2-14-32-21)15-19(20)22(26-28)23(29)25-17-6-7-17/h4-5,8-9,17,21H,2-3,6-7,10-15H2,1H3,(H,25,29)/t21-/m1/s1. The van der Waals surface area contributed by atoms with E-state index in [1.807, 2.05) is 21.7 Å². The molecule has 5 rings (SSSR count). The van der Waals surface area contributed by atoms with E-state index in [0.717, 1.165) is 49.1 Å². The lowest BCUT2D eigenvalue weighted by atomic mass is 10.0. The normalized spacial score (nSPS) is 20.2. The zero-order valence-corrected chi connectivity index (χ0v) is 18.5. The summed E-state index contributed by atoms with van der Waals surface area (Å²) in [4.78, 5) is 27.7. The van der Waals surface area contributed by atoms with Crippen LogP contribution in [-0.2, 0) is 35.5 Å². The number of carbonyl (C=O) groups is 2. The Labute approximate surface area is 187 Å². The molecule has 2 aliphatic heterocycles. The average Bonchev–Trinajstić information content (AvgIpc) is 3.33. The molecular weight excluding hydrogens is 408 g/mol. The van der Waals surface area contributed by atoms with Gasteiger partial charge in [-0.15, -0.1) is 0 Å². The second-order valence-electron chi connectivity index (χ2n) is 8.85. The lowest BCUT2D eigenvalue weighted by molar-refractivity contribution is -0.141. The van der Waals surface area contributed by atoms with Crippen molar-refractivity contribution >= 4 is 11.8 Å². The maximum absolute atomic E-state index is 12.9. The highest BCUT2D eigenvalue weighted by Gasteiger charge is 2.35. The minimum atomic E-state index is -0.342. The second-order valence-corrected chi connectivity index (χ2v) is 8.85. The molecule has 1 atom stereocenters. The molecule has 32 heavy (non-hydrogen) atoms. The molecule has 3 heterocycles. The van der Waals surface area contributed by atoms with Crippen LogP contribution in [0, 0.1) is 0 Å². The van der Waals surface area contributed by atoms with Crippen LogP contribution in [0.4, 0.5) is 0 Å². The Hall–Kier alpha value is -2.87. The number of amides is 2. The van der Waals surface area contributed by atoms with Crippen LogP contribution in [0.1, 0.15) is 53.0 Å². The number of rotatable bonds is 7. The van der Waals surface area contributed by atoms with Gasteiger partial charge in [0.05, 0.1) is 7.11 Å². The fourth-order valence-corrected chi connectivity index (χ4v) is 4.53. The van der Waals surface area contributed by atoms with Gasteiger partial charge in [0.15, 0.2) is 5.69 Å². The number of carbonyl (C=O) groups excluding carboxylic acids is 2. The summed E-state index contributed by atoms with van der Waals surface area (Å²) in [6, 6.07) is 8.28. The van der Waals surface area contributed by atoms with E-state index in [2.05, 4.69) is 17.4 Å². The lowest BCUT2D eigenvalue weighted by Gasteiger charge is -2.29. The van der Waals surface area contributed by atoms with Crippen molar-refractivity contribution < 1.29 is 19.1 Å². The lowest BCUT2D eigenvalue weighted by Crippen LogP contribution is -2.42. The van der Waals surface area contributed by atoms with Crippen molar-refractivity contribution in [1.29, 1.82) is 0 Å². The molecule has 1 aromatic heterocycles. The molecule has 8 nitrogen and oxygen atoms in total. The fourth-order valence-electron chi connectivity index (χ4n) is 4.53. The highest BCUT2D eigenvalue weighted by atomic mass is 16.5. The maximum Gasteiger partial charge on any atom is 0.272 e. The average molecular weight is 439 g/mol. The third kappa shape index (κ3) is 4.37. The van der Waals surface area contributed by atoms with Gasteiger partial charge < -0.3 is 19.7 Å². The third-order valence-corrected chi connectivity index (χ3v) is 6.55. The van der Waals surface area contributed by atoms with Gasteiger partial charge in [0.2, 0.25) is 0 Å². The first-order valence-electron chi connectivity index (χ1n) is 11.5. The Morgan fingerprint density at radius 3 is 2.72 bits per heavy atom. The molecule has 2 fully saturated rings. The Morgan fingerprint density at radius 1 is 1.22 bits per heavy atom. The quantitative estimate of drug-likeness (QED) is 0.716. The van der Waals surface area contributed by atoms with Crippen molar-refractivity contribution in [3.8, 4) is 5.75 Å². The smallest absolute Gasteiger partial charge is 0.272 e. The minimum Gasteiger partial charge on any atom is -0.497 e. The Balaban J connectivity index is 1.36. The number of fused-ring (bicyclic) bond motifs is 1. The summed E-state index contributed by atoms with van der Waals surface area (Å²) in [6.45, 7) is 2.38. The number of aryl methyl sites for hydroxylation is 2. The highest BCUT2D eigenvalue weighted by Crippen LogP contribution is 2.27. The van der Waals surface area contributed by atoms with Crippen molar-refractivity contribution in [3.63, 3.8) is 0 Å². The van der Waals surface area contributed by atoms with Crippen LogP contribution in [0.25, 0.3) is 0 Å². The molecule has 0 unspecified atom stereocenters. The molecule has 1 N–H and O–H groups in total. The van der Waals surface area contributed by atoms with E-state index in [4.69, 9.17) is 14.6 Å². The van der Waals surface area contributed by atoms with Crippen molar-refractivity contribution in [2.75, 3.05) is 20.3 Å². The number of nitrogens with one attached hydrogen (secondary N) is 1. The van der Waals surface area contributed by atoms with E-state index in [-0.39, 0.29) is 24.0 Å². The largest absolute Gasteiger partial charge is 0.497 e. The van der Waals surface area contributed by atoms with Crippen molar-refractivity contribution in [3.05, 3.63) is 46.8 Å². The molecule has 8 heteroatoms. The van der Waals surface area contributed by atoms with Crippen LogP contribution in [0.15, 0.2) is 24.3 Å². The molecule has 3 aliphatic rings. The molecule has 1 saturated carbocycles. The second kappa shape index (κ2) is 8.94.